The summed E-state index contributed by atoms with van der Waals surface area (Å²) in [6, 6.07) is 18.6. The van der Waals surface area contributed by atoms with Crippen molar-refractivity contribution >= 4 is 23.6 Å². The number of rotatable bonds is 13. The van der Waals surface area contributed by atoms with E-state index in [0.29, 0.717) is 35.5 Å². The van der Waals surface area contributed by atoms with Crippen LogP contribution in [0.5, 0.6) is 11.5 Å². The molecule has 1 amide bonds. The summed E-state index contributed by atoms with van der Waals surface area (Å²) >= 11 is 0. The lowest BCUT2D eigenvalue weighted by Crippen LogP contribution is -2.33. The van der Waals surface area contributed by atoms with Crippen molar-refractivity contribution in [2.24, 2.45) is 0 Å². The van der Waals surface area contributed by atoms with Crippen LogP contribution in [0.2, 0.25) is 0 Å². The van der Waals surface area contributed by atoms with E-state index in [1.54, 1.807) is 12.3 Å². The number of nitrogens with two attached hydrogens (primary N) is 1. The smallest absolute Gasteiger partial charge is 0.207 e. The summed E-state index contributed by atoms with van der Waals surface area (Å²) < 4.78 is 5.84. The fourth-order valence-corrected chi connectivity index (χ4v) is 3.46. The van der Waals surface area contributed by atoms with Crippen molar-refractivity contribution in [1.82, 2.24) is 10.3 Å². The van der Waals surface area contributed by atoms with Crippen LogP contribution < -0.4 is 21.1 Å². The van der Waals surface area contributed by atoms with E-state index < -0.39 is 0 Å². The van der Waals surface area contributed by atoms with Crippen LogP contribution >= 0.6 is 0 Å². The molecular weight excluding hydrogens is 414 g/mol. The van der Waals surface area contributed by atoms with Crippen LogP contribution in [0.1, 0.15) is 30.4 Å². The summed E-state index contributed by atoms with van der Waals surface area (Å²) in [5.41, 5.74) is 8.35. The van der Waals surface area contributed by atoms with Gasteiger partial charge in [0.1, 0.15) is 17.3 Å². The van der Waals surface area contributed by atoms with E-state index in [-0.39, 0.29) is 17.6 Å². The van der Waals surface area contributed by atoms with Gasteiger partial charge in [-0.05, 0) is 61.7 Å². The number of para-hydroxylation sites is 1. The number of nitrogen functional groups attached to an aromatic ring is 1. The van der Waals surface area contributed by atoms with Gasteiger partial charge in [0, 0.05) is 30.0 Å². The zero-order valence-corrected chi connectivity index (χ0v) is 18.5. The third kappa shape index (κ3) is 6.67. The number of aromatic nitrogens is 1. The Balaban J connectivity index is 1.79. The third-order valence-corrected chi connectivity index (χ3v) is 5.12. The Morgan fingerprint density at radius 3 is 2.55 bits per heavy atom. The van der Waals surface area contributed by atoms with E-state index >= 15 is 0 Å². The van der Waals surface area contributed by atoms with Crippen LogP contribution in [-0.2, 0) is 4.79 Å². The summed E-state index contributed by atoms with van der Waals surface area (Å²) in [7, 11) is 0. The standard InChI is InChI=1S/C26H29N5O2/c1-2-3-5-8-20(17-29-18-32)31-23-15-16-30-26(28)24(23)25(27)19-11-13-22(14-12-19)33-21-9-6-4-7-10-21/h2,4,6-7,9-16,18,20,27H,1,3,5,8,17H2,(H,29,32)(H3,28,30,31). The normalized spacial score (nSPS) is 11.3. The van der Waals surface area contributed by atoms with Crippen molar-refractivity contribution in [2.75, 3.05) is 17.6 Å². The molecule has 0 aliphatic carbocycles. The van der Waals surface area contributed by atoms with Gasteiger partial charge in [-0.2, -0.15) is 0 Å². The van der Waals surface area contributed by atoms with Crippen LogP contribution in [0, 0.1) is 5.41 Å². The van der Waals surface area contributed by atoms with E-state index in [2.05, 4.69) is 22.2 Å². The third-order valence-electron chi connectivity index (χ3n) is 5.12. The molecule has 0 radical (unpaired) electrons. The Labute approximate surface area is 194 Å². The zero-order chi connectivity index (χ0) is 23.5. The molecule has 170 valence electrons. The van der Waals surface area contributed by atoms with Crippen LogP contribution in [-0.4, -0.2) is 29.7 Å². The lowest BCUT2D eigenvalue weighted by molar-refractivity contribution is -0.109. The molecule has 0 fully saturated rings. The lowest BCUT2D eigenvalue weighted by atomic mass is 10.0. The maximum absolute atomic E-state index is 10.8. The SMILES string of the molecule is C=CCCCC(CNC=O)Nc1ccnc(N)c1C(=N)c1ccc(Oc2ccccc2)cc1. The number of hydrogen-bond donors (Lipinski definition) is 4. The number of nitrogens with one attached hydrogen (secondary N) is 3. The molecule has 0 saturated heterocycles. The first-order chi connectivity index (χ1) is 16.1. The minimum atomic E-state index is -0.0230. The molecule has 3 rings (SSSR count). The highest BCUT2D eigenvalue weighted by Crippen LogP contribution is 2.27. The van der Waals surface area contributed by atoms with E-state index in [9.17, 15) is 4.79 Å². The van der Waals surface area contributed by atoms with Gasteiger partial charge in [0.05, 0.1) is 11.3 Å². The van der Waals surface area contributed by atoms with Crippen molar-refractivity contribution in [3.05, 3.63) is 90.6 Å². The number of amides is 1. The van der Waals surface area contributed by atoms with Crippen molar-refractivity contribution in [1.29, 1.82) is 5.41 Å². The summed E-state index contributed by atoms with van der Waals surface area (Å²) in [6.07, 6.45) is 6.81. The van der Waals surface area contributed by atoms with Crippen LogP contribution in [0.25, 0.3) is 0 Å². The lowest BCUT2D eigenvalue weighted by Gasteiger charge is -2.22. The minimum absolute atomic E-state index is 0.0230. The molecule has 1 heterocycles. The van der Waals surface area contributed by atoms with Gasteiger partial charge >= 0.3 is 0 Å². The molecule has 1 aromatic heterocycles. The average Bonchev–Trinajstić information content (AvgIpc) is 2.83. The van der Waals surface area contributed by atoms with Crippen LogP contribution in [0.3, 0.4) is 0 Å². The highest BCUT2D eigenvalue weighted by molar-refractivity contribution is 6.16. The number of carbonyl (C=O) groups is 1. The molecule has 0 saturated carbocycles. The molecule has 5 N–H and O–H groups in total. The van der Waals surface area contributed by atoms with E-state index in [0.717, 1.165) is 25.0 Å². The minimum Gasteiger partial charge on any atom is -0.457 e. The molecule has 1 atom stereocenters. The number of pyridine rings is 1. The maximum Gasteiger partial charge on any atom is 0.207 e. The zero-order valence-electron chi connectivity index (χ0n) is 18.5. The predicted molar refractivity (Wildman–Crippen MR) is 133 cm³/mol. The monoisotopic (exact) mass is 443 g/mol. The molecule has 7 nitrogen and oxygen atoms in total. The van der Waals surface area contributed by atoms with Gasteiger partial charge in [0.15, 0.2) is 0 Å². The van der Waals surface area contributed by atoms with Crippen molar-refractivity contribution in [3.63, 3.8) is 0 Å². The van der Waals surface area contributed by atoms with Crippen molar-refractivity contribution < 1.29 is 9.53 Å². The highest BCUT2D eigenvalue weighted by atomic mass is 16.5. The Bertz CT molecular complexity index is 1070. The van der Waals surface area contributed by atoms with Gasteiger partial charge in [-0.1, -0.05) is 24.3 Å². The second-order valence-electron chi connectivity index (χ2n) is 7.52. The Morgan fingerprint density at radius 2 is 1.85 bits per heavy atom. The van der Waals surface area contributed by atoms with E-state index in [4.69, 9.17) is 15.9 Å². The number of allylic oxidation sites excluding steroid dienone is 1. The van der Waals surface area contributed by atoms with Crippen LogP contribution in [0.15, 0.2) is 79.5 Å². The van der Waals surface area contributed by atoms with Crippen molar-refractivity contribution in [2.45, 2.75) is 25.3 Å². The molecule has 1 unspecified atom stereocenters. The average molecular weight is 444 g/mol. The number of benzene rings is 2. The number of carbonyl (C=O) groups excluding carboxylic acids is 1. The first-order valence-electron chi connectivity index (χ1n) is 10.8. The quantitative estimate of drug-likeness (QED) is 0.132. The molecule has 0 spiro atoms. The largest absolute Gasteiger partial charge is 0.457 e. The van der Waals surface area contributed by atoms with Gasteiger partial charge in [-0.25, -0.2) is 4.98 Å². The first-order valence-corrected chi connectivity index (χ1v) is 10.8. The second kappa shape index (κ2) is 12.0. The molecule has 2 aromatic carbocycles. The number of hydrogen-bond acceptors (Lipinski definition) is 6. The number of ether oxygens (including phenoxy) is 1. The second-order valence-corrected chi connectivity index (χ2v) is 7.52. The molecule has 3 aromatic rings. The van der Waals surface area contributed by atoms with Crippen LogP contribution in [0.4, 0.5) is 11.5 Å². The molecule has 7 heteroatoms. The molecule has 0 aliphatic heterocycles. The summed E-state index contributed by atoms with van der Waals surface area (Å²) in [5, 5.41) is 15.0. The van der Waals surface area contributed by atoms with Gasteiger partial charge in [0.25, 0.3) is 0 Å². The summed E-state index contributed by atoms with van der Waals surface area (Å²) in [5.74, 6) is 1.69. The number of anilines is 2. The Kier molecular flexibility index (Phi) is 8.59. The first kappa shape index (κ1) is 23.5. The predicted octanol–water partition coefficient (Wildman–Crippen LogP) is 4.76. The summed E-state index contributed by atoms with van der Waals surface area (Å²) in [6.45, 7) is 4.22. The van der Waals surface area contributed by atoms with Gasteiger partial charge < -0.3 is 21.1 Å². The number of unbranched alkanes of at least 4 members (excludes halogenated alkanes) is 1. The van der Waals surface area contributed by atoms with E-state index in [1.165, 1.54) is 0 Å². The molecule has 33 heavy (non-hydrogen) atoms. The Morgan fingerprint density at radius 1 is 1.12 bits per heavy atom. The van der Waals surface area contributed by atoms with Gasteiger partial charge in [-0.15, -0.1) is 6.58 Å². The van der Waals surface area contributed by atoms with E-state index in [1.807, 2.05) is 60.7 Å². The van der Waals surface area contributed by atoms with Crippen molar-refractivity contribution in [3.8, 4) is 11.5 Å². The van der Waals surface area contributed by atoms with Gasteiger partial charge in [-0.3, -0.25) is 10.2 Å². The fourth-order valence-electron chi connectivity index (χ4n) is 3.46. The van der Waals surface area contributed by atoms with Gasteiger partial charge in [0.2, 0.25) is 6.41 Å². The fraction of sp³-hybridized carbons (Fsp3) is 0.192. The molecule has 0 aliphatic rings. The topological polar surface area (TPSA) is 113 Å². The highest BCUT2D eigenvalue weighted by Gasteiger charge is 2.18. The maximum atomic E-state index is 10.8. The Hall–Kier alpha value is -4.13. The number of nitrogens with zero attached hydrogens (tertiary/aromatic N) is 1. The summed E-state index contributed by atoms with van der Waals surface area (Å²) in [4.78, 5) is 15.0. The molecule has 0 bridgehead atoms. The molecular formula is C26H29N5O2.